The third-order valence-electron chi connectivity index (χ3n) is 3.72. The van der Waals surface area contributed by atoms with Crippen LogP contribution < -0.4 is 5.32 Å². The van der Waals surface area contributed by atoms with E-state index >= 15 is 0 Å². The van der Waals surface area contributed by atoms with Gasteiger partial charge in [0.2, 0.25) is 0 Å². The molecular weight excluding hydrogens is 146 g/mol. The minimum atomic E-state index is 0.866. The van der Waals surface area contributed by atoms with E-state index in [-0.39, 0.29) is 0 Å². The number of rotatable bonds is 3. The topological polar surface area (TPSA) is 12.0 Å². The first-order valence-corrected chi connectivity index (χ1v) is 5.57. The summed E-state index contributed by atoms with van der Waals surface area (Å²) in [7, 11) is 0. The van der Waals surface area contributed by atoms with Gasteiger partial charge in [0.05, 0.1) is 0 Å². The maximum atomic E-state index is 3.80. The molecule has 0 aromatic rings. The van der Waals surface area contributed by atoms with Gasteiger partial charge in [0.1, 0.15) is 0 Å². The summed E-state index contributed by atoms with van der Waals surface area (Å²) in [6, 6.07) is 1.74. The van der Waals surface area contributed by atoms with Crippen molar-refractivity contribution in [3.8, 4) is 0 Å². The average Bonchev–Trinajstić information content (AvgIpc) is 2.62. The Morgan fingerprint density at radius 2 is 2.00 bits per heavy atom. The zero-order valence-electron chi connectivity index (χ0n) is 8.34. The van der Waals surface area contributed by atoms with Gasteiger partial charge in [-0.2, -0.15) is 0 Å². The summed E-state index contributed by atoms with van der Waals surface area (Å²) in [5.41, 5.74) is 0. The number of hydrogen-bond acceptors (Lipinski definition) is 1. The Hall–Kier alpha value is -0.0400. The van der Waals surface area contributed by atoms with Crippen LogP contribution in [0.4, 0.5) is 0 Å². The summed E-state index contributed by atoms with van der Waals surface area (Å²) in [4.78, 5) is 0. The molecule has 0 aliphatic heterocycles. The second-order valence-corrected chi connectivity index (χ2v) is 4.69. The van der Waals surface area contributed by atoms with Gasteiger partial charge in [0, 0.05) is 12.1 Å². The van der Waals surface area contributed by atoms with Gasteiger partial charge in [0.25, 0.3) is 0 Å². The van der Waals surface area contributed by atoms with E-state index in [0.29, 0.717) is 0 Å². The molecular formula is C11H21N. The third-order valence-corrected chi connectivity index (χ3v) is 3.72. The summed E-state index contributed by atoms with van der Waals surface area (Å²) in [6.07, 6.45) is 7.15. The molecule has 0 radical (unpaired) electrons. The molecule has 2 saturated carbocycles. The lowest BCUT2D eigenvalue weighted by Crippen LogP contribution is -2.34. The first-order valence-electron chi connectivity index (χ1n) is 5.57. The molecule has 2 rings (SSSR count). The molecule has 2 fully saturated rings. The van der Waals surface area contributed by atoms with Gasteiger partial charge in [-0.05, 0) is 31.1 Å². The van der Waals surface area contributed by atoms with E-state index in [9.17, 15) is 0 Å². The van der Waals surface area contributed by atoms with Crippen molar-refractivity contribution < 1.29 is 0 Å². The lowest BCUT2D eigenvalue weighted by molar-refractivity contribution is 0.383. The minimum absolute atomic E-state index is 0.866. The normalized spacial score (nSPS) is 46.5. The molecule has 70 valence electrons. The SMILES string of the molecule is CCC1CCCC1N[C@@H]1C[C@H]1C. The molecule has 0 aromatic carbocycles. The van der Waals surface area contributed by atoms with Gasteiger partial charge >= 0.3 is 0 Å². The van der Waals surface area contributed by atoms with Crippen LogP contribution in [0.1, 0.15) is 46.0 Å². The minimum Gasteiger partial charge on any atom is -0.311 e. The smallest absolute Gasteiger partial charge is 0.00990 e. The van der Waals surface area contributed by atoms with Gasteiger partial charge in [-0.15, -0.1) is 0 Å². The lowest BCUT2D eigenvalue weighted by atomic mass is 10.0. The largest absolute Gasteiger partial charge is 0.311 e. The second kappa shape index (κ2) is 3.37. The molecule has 0 heterocycles. The number of hydrogen-bond donors (Lipinski definition) is 1. The second-order valence-electron chi connectivity index (χ2n) is 4.69. The van der Waals surface area contributed by atoms with E-state index in [0.717, 1.165) is 23.9 Å². The Bertz CT molecular complexity index is 155. The van der Waals surface area contributed by atoms with Crippen molar-refractivity contribution in [2.24, 2.45) is 11.8 Å². The molecule has 1 heteroatoms. The third kappa shape index (κ3) is 1.66. The molecule has 12 heavy (non-hydrogen) atoms. The van der Waals surface area contributed by atoms with Gasteiger partial charge in [0.15, 0.2) is 0 Å². The van der Waals surface area contributed by atoms with Gasteiger partial charge in [-0.3, -0.25) is 0 Å². The van der Waals surface area contributed by atoms with Crippen LogP contribution in [0.15, 0.2) is 0 Å². The van der Waals surface area contributed by atoms with E-state index in [4.69, 9.17) is 0 Å². The fourth-order valence-electron chi connectivity index (χ4n) is 2.57. The predicted molar refractivity (Wildman–Crippen MR) is 52.1 cm³/mol. The maximum absolute atomic E-state index is 3.80. The Morgan fingerprint density at radius 1 is 1.25 bits per heavy atom. The highest BCUT2D eigenvalue weighted by molar-refractivity contribution is 4.94. The summed E-state index contributed by atoms with van der Waals surface area (Å²) in [6.45, 7) is 4.69. The Balaban J connectivity index is 1.78. The van der Waals surface area contributed by atoms with Crippen molar-refractivity contribution in [3.63, 3.8) is 0 Å². The molecule has 2 unspecified atom stereocenters. The molecule has 0 bridgehead atoms. The Labute approximate surface area is 75.9 Å². The van der Waals surface area contributed by atoms with Crippen molar-refractivity contribution in [1.29, 1.82) is 0 Å². The van der Waals surface area contributed by atoms with Crippen molar-refractivity contribution in [2.75, 3.05) is 0 Å². The highest BCUT2D eigenvalue weighted by atomic mass is 15.0. The first-order chi connectivity index (χ1) is 5.81. The molecule has 1 N–H and O–H groups in total. The highest BCUT2D eigenvalue weighted by Gasteiger charge is 2.36. The molecule has 0 spiro atoms. The summed E-state index contributed by atoms with van der Waals surface area (Å²) in [5.74, 6) is 1.95. The zero-order chi connectivity index (χ0) is 8.55. The summed E-state index contributed by atoms with van der Waals surface area (Å²) >= 11 is 0. The van der Waals surface area contributed by atoms with Crippen LogP contribution in [-0.4, -0.2) is 12.1 Å². The predicted octanol–water partition coefficient (Wildman–Crippen LogP) is 2.56. The van der Waals surface area contributed by atoms with Crippen molar-refractivity contribution in [3.05, 3.63) is 0 Å². The summed E-state index contributed by atoms with van der Waals surface area (Å²) < 4.78 is 0. The van der Waals surface area contributed by atoms with Crippen LogP contribution in [0, 0.1) is 11.8 Å². The molecule has 2 aliphatic rings. The molecule has 0 saturated heterocycles. The fraction of sp³-hybridized carbons (Fsp3) is 1.00. The quantitative estimate of drug-likeness (QED) is 0.681. The standard InChI is InChI=1S/C11H21N/c1-3-9-5-4-6-10(9)12-11-7-8(11)2/h8-12H,3-7H2,1-2H3/t8-,9?,10?,11-/m1/s1. The van der Waals surface area contributed by atoms with Gasteiger partial charge < -0.3 is 5.32 Å². The van der Waals surface area contributed by atoms with Crippen LogP contribution in [0.2, 0.25) is 0 Å². The number of nitrogens with one attached hydrogen (secondary N) is 1. The Kier molecular flexibility index (Phi) is 2.40. The lowest BCUT2D eigenvalue weighted by Gasteiger charge is -2.19. The van der Waals surface area contributed by atoms with Crippen molar-refractivity contribution >= 4 is 0 Å². The highest BCUT2D eigenvalue weighted by Crippen LogP contribution is 2.34. The Morgan fingerprint density at radius 3 is 2.58 bits per heavy atom. The zero-order valence-corrected chi connectivity index (χ0v) is 8.34. The van der Waals surface area contributed by atoms with Crippen LogP contribution in [0.25, 0.3) is 0 Å². The monoisotopic (exact) mass is 167 g/mol. The fourth-order valence-corrected chi connectivity index (χ4v) is 2.57. The van der Waals surface area contributed by atoms with Crippen LogP contribution in [0.5, 0.6) is 0 Å². The molecule has 0 aromatic heterocycles. The van der Waals surface area contributed by atoms with Crippen molar-refractivity contribution in [2.45, 2.75) is 58.0 Å². The van der Waals surface area contributed by atoms with E-state index < -0.39 is 0 Å². The molecule has 2 aliphatic carbocycles. The van der Waals surface area contributed by atoms with Crippen molar-refractivity contribution in [1.82, 2.24) is 5.32 Å². The van der Waals surface area contributed by atoms with E-state index in [1.54, 1.807) is 0 Å². The van der Waals surface area contributed by atoms with Crippen LogP contribution in [-0.2, 0) is 0 Å². The summed E-state index contributed by atoms with van der Waals surface area (Å²) in [5, 5.41) is 3.80. The molecule has 4 atom stereocenters. The average molecular weight is 167 g/mol. The van der Waals surface area contributed by atoms with Gasteiger partial charge in [-0.1, -0.05) is 26.7 Å². The first kappa shape index (κ1) is 8.55. The van der Waals surface area contributed by atoms with Crippen LogP contribution >= 0.6 is 0 Å². The maximum Gasteiger partial charge on any atom is 0.00990 e. The molecule has 1 nitrogen and oxygen atoms in total. The van der Waals surface area contributed by atoms with E-state index in [1.165, 1.54) is 32.1 Å². The van der Waals surface area contributed by atoms with E-state index in [1.807, 2.05) is 0 Å². The van der Waals surface area contributed by atoms with E-state index in [2.05, 4.69) is 19.2 Å². The van der Waals surface area contributed by atoms with Crippen LogP contribution in [0.3, 0.4) is 0 Å². The molecule has 0 amide bonds. The van der Waals surface area contributed by atoms with Gasteiger partial charge in [-0.25, -0.2) is 0 Å².